The smallest absolute Gasteiger partial charge is 0.187 e. The molecule has 0 saturated heterocycles. The Balaban J connectivity index is 2.26. The lowest BCUT2D eigenvalue weighted by Crippen LogP contribution is -1.92. The molecule has 1 N–H and O–H groups in total. The van der Waals surface area contributed by atoms with Gasteiger partial charge in [-0.05, 0) is 47.5 Å². The molecule has 0 aliphatic carbocycles. The van der Waals surface area contributed by atoms with Crippen molar-refractivity contribution in [2.24, 2.45) is 0 Å². The average molecular weight is 322 g/mol. The van der Waals surface area contributed by atoms with Gasteiger partial charge < -0.3 is 5.32 Å². The number of aromatic nitrogens is 1. The zero-order chi connectivity index (χ0) is 13.1. The molecule has 18 heavy (non-hydrogen) atoms. The summed E-state index contributed by atoms with van der Waals surface area (Å²) in [5, 5.41) is 13.0. The molecular weight excluding hydrogens is 310 g/mol. The minimum Gasteiger partial charge on any atom is -0.331 e. The summed E-state index contributed by atoms with van der Waals surface area (Å²) < 4.78 is 0.868. The van der Waals surface area contributed by atoms with Crippen molar-refractivity contribution < 1.29 is 0 Å². The zero-order valence-electron chi connectivity index (χ0n) is 10.1. The molecule has 1 aromatic carbocycles. The van der Waals surface area contributed by atoms with Crippen molar-refractivity contribution in [1.29, 1.82) is 5.26 Å². The van der Waals surface area contributed by atoms with Crippen LogP contribution >= 0.6 is 27.3 Å². The average Bonchev–Trinajstić information content (AvgIpc) is 2.72. The van der Waals surface area contributed by atoms with Gasteiger partial charge in [0.25, 0.3) is 0 Å². The van der Waals surface area contributed by atoms with Gasteiger partial charge in [0.1, 0.15) is 0 Å². The van der Waals surface area contributed by atoms with Crippen LogP contribution in [-0.4, -0.2) is 4.98 Å². The van der Waals surface area contributed by atoms with Crippen LogP contribution in [0.25, 0.3) is 0 Å². The van der Waals surface area contributed by atoms with Crippen molar-refractivity contribution in [3.05, 3.63) is 38.8 Å². The largest absolute Gasteiger partial charge is 0.331 e. The predicted molar refractivity (Wildman–Crippen MR) is 78.4 cm³/mol. The first-order valence-electron chi connectivity index (χ1n) is 5.57. The van der Waals surface area contributed by atoms with Crippen LogP contribution in [0.5, 0.6) is 0 Å². The van der Waals surface area contributed by atoms with Crippen molar-refractivity contribution in [3.63, 3.8) is 0 Å². The van der Waals surface area contributed by atoms with E-state index in [0.717, 1.165) is 27.4 Å². The number of nitriles is 1. The molecule has 0 amide bonds. The van der Waals surface area contributed by atoms with Gasteiger partial charge in [0.15, 0.2) is 5.13 Å². The number of halogens is 1. The minimum atomic E-state index is 0.636. The van der Waals surface area contributed by atoms with Gasteiger partial charge in [-0.3, -0.25) is 0 Å². The molecule has 0 unspecified atom stereocenters. The molecule has 0 saturated carbocycles. The third kappa shape index (κ3) is 2.71. The highest BCUT2D eigenvalue weighted by atomic mass is 79.9. The van der Waals surface area contributed by atoms with E-state index in [1.54, 1.807) is 23.5 Å². The second kappa shape index (κ2) is 5.51. The normalized spacial score (nSPS) is 10.1. The van der Waals surface area contributed by atoms with E-state index in [1.165, 1.54) is 4.88 Å². The van der Waals surface area contributed by atoms with Crippen LogP contribution in [0.4, 0.5) is 10.8 Å². The summed E-state index contributed by atoms with van der Waals surface area (Å²) in [5.74, 6) is 0. The number of benzene rings is 1. The van der Waals surface area contributed by atoms with Gasteiger partial charge in [0.05, 0.1) is 23.0 Å². The fraction of sp³-hybridized carbons (Fsp3) is 0.231. The first-order valence-corrected chi connectivity index (χ1v) is 7.18. The lowest BCUT2D eigenvalue weighted by molar-refractivity contribution is 1.05. The summed E-state index contributed by atoms with van der Waals surface area (Å²) >= 11 is 5.10. The summed E-state index contributed by atoms with van der Waals surface area (Å²) in [4.78, 5) is 5.77. The maximum absolute atomic E-state index is 8.81. The molecule has 3 nitrogen and oxygen atoms in total. The topological polar surface area (TPSA) is 48.7 Å². The summed E-state index contributed by atoms with van der Waals surface area (Å²) in [6.45, 7) is 4.18. The zero-order valence-corrected chi connectivity index (χ0v) is 12.5. The van der Waals surface area contributed by atoms with Crippen molar-refractivity contribution >= 4 is 38.1 Å². The Morgan fingerprint density at radius 2 is 2.28 bits per heavy atom. The van der Waals surface area contributed by atoms with E-state index in [0.29, 0.717) is 5.56 Å². The van der Waals surface area contributed by atoms with E-state index in [9.17, 15) is 0 Å². The Morgan fingerprint density at radius 1 is 1.50 bits per heavy atom. The van der Waals surface area contributed by atoms with Crippen LogP contribution < -0.4 is 5.32 Å². The Hall–Kier alpha value is -1.38. The molecule has 1 aromatic heterocycles. The lowest BCUT2D eigenvalue weighted by Gasteiger charge is -2.05. The van der Waals surface area contributed by atoms with Gasteiger partial charge in [0.2, 0.25) is 0 Å². The first kappa shape index (κ1) is 13.1. The quantitative estimate of drug-likeness (QED) is 0.911. The van der Waals surface area contributed by atoms with Crippen LogP contribution in [-0.2, 0) is 6.42 Å². The Kier molecular flexibility index (Phi) is 4.00. The monoisotopic (exact) mass is 321 g/mol. The number of nitrogens with one attached hydrogen (secondary N) is 1. The number of nitrogens with zero attached hydrogens (tertiary/aromatic N) is 2. The second-order valence-corrected chi connectivity index (χ2v) is 5.86. The van der Waals surface area contributed by atoms with Crippen molar-refractivity contribution in [3.8, 4) is 6.07 Å². The van der Waals surface area contributed by atoms with E-state index in [1.807, 2.05) is 6.07 Å². The van der Waals surface area contributed by atoms with Gasteiger partial charge in [-0.25, -0.2) is 4.98 Å². The molecule has 2 aromatic rings. The molecular formula is C13H12BrN3S. The van der Waals surface area contributed by atoms with Crippen LogP contribution in [0.3, 0.4) is 0 Å². The molecule has 2 rings (SSSR count). The summed E-state index contributed by atoms with van der Waals surface area (Å²) in [7, 11) is 0. The molecule has 0 aliphatic heterocycles. The standard InChI is InChI=1S/C13H12BrN3S/c1-3-11-8(2)18-13(16-11)17-12-5-4-9(7-15)6-10(12)14/h4-6H,3H2,1-2H3,(H,16,17). The highest BCUT2D eigenvalue weighted by Gasteiger charge is 2.08. The molecule has 5 heteroatoms. The fourth-order valence-corrected chi connectivity index (χ4v) is 3.00. The Bertz CT molecular complexity index is 613. The third-order valence-corrected chi connectivity index (χ3v) is 4.15. The SMILES string of the molecule is CCc1nc(Nc2ccc(C#N)cc2Br)sc1C. The second-order valence-electron chi connectivity index (χ2n) is 3.81. The molecule has 0 bridgehead atoms. The summed E-state index contributed by atoms with van der Waals surface area (Å²) in [6, 6.07) is 7.57. The van der Waals surface area contributed by atoms with Gasteiger partial charge in [0, 0.05) is 9.35 Å². The minimum absolute atomic E-state index is 0.636. The fourth-order valence-electron chi connectivity index (χ4n) is 1.61. The van der Waals surface area contributed by atoms with E-state index in [4.69, 9.17) is 5.26 Å². The van der Waals surface area contributed by atoms with Crippen LogP contribution in [0, 0.1) is 18.3 Å². The van der Waals surface area contributed by atoms with E-state index in [2.05, 4.69) is 46.1 Å². The molecule has 1 heterocycles. The van der Waals surface area contributed by atoms with Crippen molar-refractivity contribution in [2.45, 2.75) is 20.3 Å². The molecule has 0 atom stereocenters. The number of hydrogen-bond donors (Lipinski definition) is 1. The number of anilines is 2. The molecule has 0 aliphatic rings. The van der Waals surface area contributed by atoms with Gasteiger partial charge in [-0.2, -0.15) is 5.26 Å². The molecule has 92 valence electrons. The van der Waals surface area contributed by atoms with Crippen LogP contribution in [0.1, 0.15) is 23.1 Å². The Labute approximate surface area is 119 Å². The maximum Gasteiger partial charge on any atom is 0.187 e. The van der Waals surface area contributed by atoms with Crippen molar-refractivity contribution in [1.82, 2.24) is 4.98 Å². The van der Waals surface area contributed by atoms with Gasteiger partial charge in [-0.1, -0.05) is 6.92 Å². The molecule has 0 fully saturated rings. The third-order valence-electron chi connectivity index (χ3n) is 2.57. The first-order chi connectivity index (χ1) is 8.63. The number of thiazole rings is 1. The summed E-state index contributed by atoms with van der Waals surface area (Å²) in [6.07, 6.45) is 0.943. The highest BCUT2D eigenvalue weighted by molar-refractivity contribution is 9.10. The number of aryl methyl sites for hydroxylation is 2. The van der Waals surface area contributed by atoms with Crippen LogP contribution in [0.2, 0.25) is 0 Å². The van der Waals surface area contributed by atoms with Gasteiger partial charge >= 0.3 is 0 Å². The van der Waals surface area contributed by atoms with E-state index in [-0.39, 0.29) is 0 Å². The highest BCUT2D eigenvalue weighted by Crippen LogP contribution is 2.30. The maximum atomic E-state index is 8.81. The van der Waals surface area contributed by atoms with Crippen LogP contribution in [0.15, 0.2) is 22.7 Å². The Morgan fingerprint density at radius 3 is 2.83 bits per heavy atom. The summed E-state index contributed by atoms with van der Waals surface area (Å²) in [5.41, 5.74) is 2.69. The van der Waals surface area contributed by atoms with E-state index >= 15 is 0 Å². The molecule has 0 spiro atoms. The van der Waals surface area contributed by atoms with E-state index < -0.39 is 0 Å². The lowest BCUT2D eigenvalue weighted by atomic mass is 10.2. The predicted octanol–water partition coefficient (Wildman–Crippen LogP) is 4.39. The molecule has 0 radical (unpaired) electrons. The van der Waals surface area contributed by atoms with Crippen molar-refractivity contribution in [2.75, 3.05) is 5.32 Å². The number of rotatable bonds is 3. The van der Waals surface area contributed by atoms with Gasteiger partial charge in [-0.15, -0.1) is 11.3 Å². The number of hydrogen-bond acceptors (Lipinski definition) is 4.